The number of nitrogens with zero attached hydrogens (tertiary/aromatic N) is 4. The fraction of sp³-hybridized carbons (Fsp3) is 0.711. The minimum absolute atomic E-state index is 0. The van der Waals surface area contributed by atoms with E-state index in [0.29, 0.717) is 11.4 Å². The van der Waals surface area contributed by atoms with Crippen molar-refractivity contribution in [2.75, 3.05) is 65.6 Å². The number of rotatable bonds is 27. The van der Waals surface area contributed by atoms with E-state index in [2.05, 4.69) is 20.9 Å². The van der Waals surface area contributed by atoms with Crippen LogP contribution in [0, 0.1) is 39.9 Å². The number of carboxylic acids is 3. The molecule has 6 unspecified atom stereocenters. The van der Waals surface area contributed by atoms with Gasteiger partial charge >= 0.3 is 39.9 Å². The molecule has 2 rings (SSSR count). The number of hydrogen-bond acceptors (Lipinski definition) is 19. The van der Waals surface area contributed by atoms with Gasteiger partial charge in [-0.05, 0) is 50.7 Å². The average Bonchev–Trinajstić information content (AvgIpc) is 3.21. The maximum Gasteiger partial charge on any atom is 3.00 e. The van der Waals surface area contributed by atoms with E-state index in [-0.39, 0.29) is 157 Å². The Labute approximate surface area is 386 Å². The van der Waals surface area contributed by atoms with Crippen LogP contribution in [0.25, 0.3) is 0 Å². The third-order valence-corrected chi connectivity index (χ3v) is 9.96. The van der Waals surface area contributed by atoms with E-state index >= 15 is 0 Å². The smallest absolute Gasteiger partial charge is 0.548 e. The summed E-state index contributed by atoms with van der Waals surface area (Å²) in [7, 11) is 0. The van der Waals surface area contributed by atoms with Crippen LogP contribution < -0.4 is 31.3 Å². The fourth-order valence-electron chi connectivity index (χ4n) is 6.62. The van der Waals surface area contributed by atoms with Crippen LogP contribution in [0.4, 0.5) is 0 Å². The number of carbonyl (C=O) groups excluding carboxylic acids is 6. The fourth-order valence-corrected chi connectivity index (χ4v) is 6.62. The third kappa shape index (κ3) is 22.2. The summed E-state index contributed by atoms with van der Waals surface area (Å²) in [5.74, 6) is -5.91. The Balaban J connectivity index is 0.0000186. The van der Waals surface area contributed by atoms with Crippen molar-refractivity contribution >= 4 is 35.6 Å². The molecule has 1 aliphatic heterocycles. The summed E-state index contributed by atoms with van der Waals surface area (Å²) in [5, 5.41) is 101. The Hall–Kier alpha value is -3.07. The largest absolute Gasteiger partial charge is 3.00 e. The SMILES string of the molecule is O=C(CCCC(C(=O)[O-])N1CCN(C(CCCC(=O)NCC(O)CO)C(=O)[O-])Cc2cccc(n2)CN(C(CCCC(=O)NCC(O)CO)C(=O)[O-])CC1)NCC(O)CO.[Gd+3]. The van der Waals surface area contributed by atoms with Crippen molar-refractivity contribution in [2.24, 2.45) is 0 Å². The molecule has 0 fully saturated rings. The number of pyridine rings is 1. The summed E-state index contributed by atoms with van der Waals surface area (Å²) < 4.78 is 0. The summed E-state index contributed by atoms with van der Waals surface area (Å²) >= 11 is 0. The predicted octanol–water partition coefficient (Wildman–Crippen LogP) is -7.72. The van der Waals surface area contributed by atoms with Crippen molar-refractivity contribution in [3.05, 3.63) is 29.6 Å². The van der Waals surface area contributed by atoms with E-state index in [1.807, 2.05) is 0 Å². The number of hydrogen-bond donors (Lipinski definition) is 9. The molecule has 0 aliphatic carbocycles. The predicted molar refractivity (Wildman–Crippen MR) is 203 cm³/mol. The van der Waals surface area contributed by atoms with Crippen molar-refractivity contribution in [1.29, 1.82) is 0 Å². The van der Waals surface area contributed by atoms with Crippen LogP contribution >= 0.6 is 0 Å². The molecule has 1 aromatic rings. The van der Waals surface area contributed by atoms with Crippen molar-refractivity contribution in [3.8, 4) is 0 Å². The minimum atomic E-state index is -1.51. The quantitative estimate of drug-likeness (QED) is 0.0395. The first-order valence-corrected chi connectivity index (χ1v) is 20.0. The molecule has 0 spiro atoms. The number of carbonyl (C=O) groups is 6. The van der Waals surface area contributed by atoms with Gasteiger partial charge in [0.2, 0.25) is 17.7 Å². The van der Waals surface area contributed by atoms with Gasteiger partial charge in [-0.2, -0.15) is 0 Å². The van der Waals surface area contributed by atoms with Crippen molar-refractivity contribution in [1.82, 2.24) is 35.6 Å². The molecule has 22 nitrogen and oxygen atoms in total. The van der Waals surface area contributed by atoms with Crippen LogP contribution in [0.3, 0.4) is 0 Å². The minimum Gasteiger partial charge on any atom is -0.548 e. The van der Waals surface area contributed by atoms with Crippen LogP contribution in [-0.2, 0) is 41.9 Å². The number of carboxylic acid groups (broad SMARTS) is 3. The van der Waals surface area contributed by atoms with Crippen molar-refractivity contribution in [2.45, 2.75) is 107 Å². The maximum absolute atomic E-state index is 12.7. The van der Waals surface area contributed by atoms with Gasteiger partial charge in [-0.25, -0.2) is 0 Å². The Kier molecular flexibility index (Phi) is 28.3. The van der Waals surface area contributed by atoms with Gasteiger partial charge in [0.1, 0.15) is 0 Å². The molecule has 2 heterocycles. The topological polar surface area (TPSA) is 352 Å². The zero-order valence-electron chi connectivity index (χ0n) is 34.0. The zero-order chi connectivity index (χ0) is 44.6. The van der Waals surface area contributed by atoms with Gasteiger partial charge in [0.25, 0.3) is 0 Å². The van der Waals surface area contributed by atoms with Gasteiger partial charge in [0, 0.05) is 96.3 Å². The number of amides is 3. The molecular weight excluding hydrogens is 952 g/mol. The second-order valence-electron chi connectivity index (χ2n) is 14.7. The molecule has 0 saturated heterocycles. The summed E-state index contributed by atoms with van der Waals surface area (Å²) in [6.07, 6.45) is -3.93. The number of aromatic nitrogens is 1. The van der Waals surface area contributed by atoms with E-state index in [4.69, 9.17) is 15.3 Å². The molecule has 23 heteroatoms. The molecule has 0 saturated carbocycles. The monoisotopic (exact) mass is 1010 g/mol. The van der Waals surface area contributed by atoms with Gasteiger partial charge < -0.3 is 76.3 Å². The number of fused-ring (bicyclic) bond motifs is 2. The van der Waals surface area contributed by atoms with Gasteiger partial charge in [0.15, 0.2) is 0 Å². The molecule has 1 aliphatic rings. The molecule has 1 aromatic heterocycles. The van der Waals surface area contributed by atoms with E-state index in [9.17, 15) is 59.4 Å². The number of aliphatic hydroxyl groups is 6. The number of aliphatic hydroxyl groups excluding tert-OH is 6. The molecule has 0 aromatic carbocycles. The first kappa shape index (κ1) is 56.0. The van der Waals surface area contributed by atoms with Gasteiger partial charge in [0.05, 0.1) is 67.4 Å². The first-order valence-electron chi connectivity index (χ1n) is 20.0. The second-order valence-corrected chi connectivity index (χ2v) is 14.7. The van der Waals surface area contributed by atoms with E-state index in [1.54, 1.807) is 18.2 Å². The van der Waals surface area contributed by atoms with Crippen molar-refractivity contribution in [3.63, 3.8) is 0 Å². The van der Waals surface area contributed by atoms with E-state index in [0.717, 1.165) is 0 Å². The second kappa shape index (κ2) is 30.9. The third-order valence-electron chi connectivity index (χ3n) is 9.96. The molecule has 6 atom stereocenters. The summed E-state index contributed by atoms with van der Waals surface area (Å²) in [6, 6.07) is 1.03. The van der Waals surface area contributed by atoms with Gasteiger partial charge in [-0.3, -0.25) is 34.1 Å². The maximum atomic E-state index is 12.7. The standard InChI is InChI=1S/C38H63N7O15.Gd/c46-22-27(49)17-39-33(52)10-2-7-30(36(55)56)43-13-15-44(31(37(57)58)8-3-11-34(53)40-18-28(50)23-47)20-25-5-1-6-26(42-25)21-45(16-14-43)32(38(59)60)9-4-12-35(54)41-19-29(51)24-48;/h1,5-6,27-32,46-51H,2-4,7-24H2,(H,39,52)(H,40,53)(H,41,54)(H,55,56)(H,57,58)(H,59,60);/q;+3/p-3. The zero-order valence-corrected chi connectivity index (χ0v) is 36.3. The summed E-state index contributed by atoms with van der Waals surface area (Å²) in [6.45, 7) is -2.81. The molecule has 1 radical (unpaired) electrons. The molecular formula is C38H60GdN7O15. The van der Waals surface area contributed by atoms with E-state index in [1.165, 1.54) is 14.7 Å². The van der Waals surface area contributed by atoms with E-state index < -0.39 is 91.9 Å². The Morgan fingerprint density at radius 3 is 1.15 bits per heavy atom. The summed E-state index contributed by atoms with van der Waals surface area (Å²) in [5.41, 5.74) is 0.782. The van der Waals surface area contributed by atoms with Crippen LogP contribution in [0.5, 0.6) is 0 Å². The van der Waals surface area contributed by atoms with Crippen LogP contribution in [-0.4, -0.2) is 188 Å². The van der Waals surface area contributed by atoms with Crippen LogP contribution in [0.1, 0.15) is 69.2 Å². The van der Waals surface area contributed by atoms with Gasteiger partial charge in [-0.15, -0.1) is 0 Å². The molecule has 2 bridgehead atoms. The van der Waals surface area contributed by atoms with Crippen LogP contribution in [0.2, 0.25) is 0 Å². The normalized spacial score (nSPS) is 17.1. The Bertz CT molecular complexity index is 1440. The van der Waals surface area contributed by atoms with Gasteiger partial charge in [-0.1, -0.05) is 6.07 Å². The molecule has 61 heavy (non-hydrogen) atoms. The molecule has 9 N–H and O–H groups in total. The average molecular weight is 1010 g/mol. The first-order chi connectivity index (χ1) is 28.6. The van der Waals surface area contributed by atoms with Crippen molar-refractivity contribution < 1.29 is 115 Å². The molecule has 3 amide bonds. The van der Waals surface area contributed by atoms with Crippen LogP contribution in [0.15, 0.2) is 18.2 Å². The number of nitrogens with one attached hydrogen (secondary N) is 3. The molecule has 345 valence electrons. The Morgan fingerprint density at radius 1 is 0.557 bits per heavy atom. The summed E-state index contributed by atoms with van der Waals surface area (Å²) in [4.78, 5) is 84.3. The Morgan fingerprint density at radius 2 is 0.852 bits per heavy atom. The number of aliphatic carboxylic acids is 3.